The molecule has 1 rings (SSSR count). The number of hydrogen-bond acceptors (Lipinski definition) is 3. The van der Waals surface area contributed by atoms with Crippen LogP contribution in [0.25, 0.3) is 0 Å². The van der Waals surface area contributed by atoms with Gasteiger partial charge in [-0.25, -0.2) is 0 Å². The summed E-state index contributed by atoms with van der Waals surface area (Å²) >= 11 is 0. The van der Waals surface area contributed by atoms with Crippen molar-refractivity contribution in [3.63, 3.8) is 0 Å². The van der Waals surface area contributed by atoms with Crippen LogP contribution in [0.2, 0.25) is 0 Å². The number of carbonyl (C=O) groups excluding carboxylic acids is 1. The summed E-state index contributed by atoms with van der Waals surface area (Å²) in [7, 11) is 0. The molecule has 3 N–H and O–H groups in total. The number of nitrogens with one attached hydrogen (secondary N) is 1. The van der Waals surface area contributed by atoms with Gasteiger partial charge < -0.3 is 15.5 Å². The highest BCUT2D eigenvalue weighted by Crippen LogP contribution is 1.96. The molecule has 1 aromatic rings. The highest BCUT2D eigenvalue weighted by molar-refractivity contribution is 5.94. The van der Waals surface area contributed by atoms with E-state index in [2.05, 4.69) is 11.4 Å². The van der Waals surface area contributed by atoms with Crippen LogP contribution in [0.15, 0.2) is 24.3 Å². The maximum absolute atomic E-state index is 11.3. The van der Waals surface area contributed by atoms with Crippen molar-refractivity contribution in [1.82, 2.24) is 5.32 Å². The highest BCUT2D eigenvalue weighted by Gasteiger charge is 2.06. The third kappa shape index (κ3) is 3.16. The van der Waals surface area contributed by atoms with Crippen LogP contribution in [0.5, 0.6) is 0 Å². The van der Waals surface area contributed by atoms with Crippen molar-refractivity contribution in [2.24, 2.45) is 0 Å². The highest BCUT2D eigenvalue weighted by atomic mass is 16.3. The van der Waals surface area contributed by atoms with Gasteiger partial charge in [-0.05, 0) is 18.2 Å². The molecule has 0 spiro atoms. The average Bonchev–Trinajstić information content (AvgIpc) is 2.26. The lowest BCUT2D eigenvalue weighted by Crippen LogP contribution is -2.33. The Labute approximate surface area is 82.2 Å². The van der Waals surface area contributed by atoms with Crippen molar-refractivity contribution in [3.8, 4) is 0 Å². The molecule has 14 heavy (non-hydrogen) atoms. The van der Waals surface area contributed by atoms with Gasteiger partial charge in [-0.3, -0.25) is 4.79 Å². The summed E-state index contributed by atoms with van der Waals surface area (Å²) in [5.74, 6) is -0.272. The molecule has 0 aliphatic heterocycles. The first-order valence-electron chi connectivity index (χ1n) is 4.27. The van der Waals surface area contributed by atoms with Gasteiger partial charge in [0.25, 0.3) is 5.91 Å². The normalized spacial score (nSPS) is 12.1. The summed E-state index contributed by atoms with van der Waals surface area (Å²) < 4.78 is 0. The molecule has 0 saturated carbocycles. The first kappa shape index (κ1) is 10.7. The smallest absolute Gasteiger partial charge is 0.251 e. The van der Waals surface area contributed by atoms with Crippen LogP contribution in [0.3, 0.4) is 0 Å². The van der Waals surface area contributed by atoms with E-state index >= 15 is 0 Å². The molecule has 0 bridgehead atoms. The van der Waals surface area contributed by atoms with Crippen LogP contribution in [-0.4, -0.2) is 35.4 Å². The van der Waals surface area contributed by atoms with Crippen molar-refractivity contribution in [1.29, 1.82) is 0 Å². The molecule has 0 aliphatic carbocycles. The average molecular weight is 194 g/mol. The van der Waals surface area contributed by atoms with Gasteiger partial charge in [0.05, 0.1) is 12.7 Å². The van der Waals surface area contributed by atoms with E-state index in [-0.39, 0.29) is 19.1 Å². The van der Waals surface area contributed by atoms with E-state index in [0.29, 0.717) is 5.56 Å². The third-order valence-corrected chi connectivity index (χ3v) is 1.69. The number of benzene rings is 1. The number of amides is 1. The molecule has 1 amide bonds. The summed E-state index contributed by atoms with van der Waals surface area (Å²) in [5, 5.41) is 20.0. The van der Waals surface area contributed by atoms with Gasteiger partial charge in [0.15, 0.2) is 0 Å². The first-order valence-corrected chi connectivity index (χ1v) is 4.27. The molecule has 1 radical (unpaired) electrons. The first-order chi connectivity index (χ1) is 6.74. The van der Waals surface area contributed by atoms with Crippen LogP contribution in [-0.2, 0) is 0 Å². The molecule has 0 saturated heterocycles. The van der Waals surface area contributed by atoms with E-state index in [1.54, 1.807) is 24.3 Å². The minimum atomic E-state index is -0.908. The zero-order valence-corrected chi connectivity index (χ0v) is 7.60. The van der Waals surface area contributed by atoms with E-state index in [1.807, 2.05) is 0 Å². The van der Waals surface area contributed by atoms with E-state index in [1.165, 1.54) is 0 Å². The number of carbonyl (C=O) groups is 1. The van der Waals surface area contributed by atoms with Gasteiger partial charge in [-0.15, -0.1) is 0 Å². The molecule has 75 valence electrons. The Morgan fingerprint density at radius 2 is 2.14 bits per heavy atom. The fourth-order valence-corrected chi connectivity index (χ4v) is 0.915. The van der Waals surface area contributed by atoms with Crippen LogP contribution >= 0.6 is 0 Å². The monoisotopic (exact) mass is 194 g/mol. The fraction of sp³-hybridized carbons (Fsp3) is 0.300. The Balaban J connectivity index is 2.44. The molecular formula is C10H12NO3. The second-order valence-electron chi connectivity index (χ2n) is 2.84. The van der Waals surface area contributed by atoms with Gasteiger partial charge in [0.2, 0.25) is 0 Å². The third-order valence-electron chi connectivity index (χ3n) is 1.69. The molecular weight excluding hydrogens is 182 g/mol. The molecule has 0 fully saturated rings. The maximum atomic E-state index is 11.3. The molecule has 0 heterocycles. The van der Waals surface area contributed by atoms with Gasteiger partial charge in [0.1, 0.15) is 0 Å². The van der Waals surface area contributed by atoms with E-state index in [9.17, 15) is 4.79 Å². The second-order valence-corrected chi connectivity index (χ2v) is 2.84. The summed E-state index contributed by atoms with van der Waals surface area (Å²) in [6.07, 6.45) is -0.908. The number of rotatable bonds is 4. The van der Waals surface area contributed by atoms with Crippen LogP contribution < -0.4 is 5.32 Å². The topological polar surface area (TPSA) is 69.6 Å². The zero-order valence-electron chi connectivity index (χ0n) is 7.60. The Morgan fingerprint density at radius 3 is 2.71 bits per heavy atom. The van der Waals surface area contributed by atoms with E-state index < -0.39 is 6.10 Å². The molecule has 1 atom stereocenters. The van der Waals surface area contributed by atoms with Crippen LogP contribution in [0.4, 0.5) is 0 Å². The molecule has 1 unspecified atom stereocenters. The van der Waals surface area contributed by atoms with Crippen LogP contribution in [0.1, 0.15) is 10.4 Å². The van der Waals surface area contributed by atoms with Gasteiger partial charge in [0, 0.05) is 12.1 Å². The largest absolute Gasteiger partial charge is 0.394 e. The Bertz CT molecular complexity index is 287. The second kappa shape index (κ2) is 5.36. The SMILES string of the molecule is O=C(NCC(O)CO)c1cc[c]cc1. The lowest BCUT2D eigenvalue weighted by atomic mass is 10.2. The zero-order chi connectivity index (χ0) is 10.4. The van der Waals surface area contributed by atoms with E-state index in [4.69, 9.17) is 10.2 Å². The van der Waals surface area contributed by atoms with Crippen molar-refractivity contribution in [3.05, 3.63) is 35.9 Å². The van der Waals surface area contributed by atoms with Crippen molar-refractivity contribution < 1.29 is 15.0 Å². The van der Waals surface area contributed by atoms with Gasteiger partial charge in [-0.1, -0.05) is 12.1 Å². The summed E-state index contributed by atoms with van der Waals surface area (Å²) in [6, 6.07) is 9.32. The minimum absolute atomic E-state index is 0.0495. The number of aliphatic hydroxyl groups excluding tert-OH is 2. The summed E-state index contributed by atoms with van der Waals surface area (Å²) in [5.41, 5.74) is 0.508. The van der Waals surface area contributed by atoms with Crippen LogP contribution in [0, 0.1) is 6.07 Å². The summed E-state index contributed by atoms with van der Waals surface area (Å²) in [6.45, 7) is -0.309. The summed E-state index contributed by atoms with van der Waals surface area (Å²) in [4.78, 5) is 11.3. The Hall–Kier alpha value is -1.39. The Kier molecular flexibility index (Phi) is 4.10. The van der Waals surface area contributed by atoms with Crippen molar-refractivity contribution in [2.45, 2.75) is 6.10 Å². The maximum Gasteiger partial charge on any atom is 0.251 e. The van der Waals surface area contributed by atoms with Crippen molar-refractivity contribution in [2.75, 3.05) is 13.2 Å². The minimum Gasteiger partial charge on any atom is -0.394 e. The van der Waals surface area contributed by atoms with E-state index in [0.717, 1.165) is 0 Å². The molecule has 0 aromatic heterocycles. The quantitative estimate of drug-likeness (QED) is 0.609. The number of hydrogen-bond donors (Lipinski definition) is 3. The lowest BCUT2D eigenvalue weighted by molar-refractivity contribution is 0.0802. The predicted molar refractivity (Wildman–Crippen MR) is 50.7 cm³/mol. The van der Waals surface area contributed by atoms with Crippen molar-refractivity contribution >= 4 is 5.91 Å². The molecule has 0 aliphatic rings. The Morgan fingerprint density at radius 1 is 1.50 bits per heavy atom. The lowest BCUT2D eigenvalue weighted by Gasteiger charge is -2.08. The number of aliphatic hydroxyl groups is 2. The standard InChI is InChI=1S/C10H12NO3/c12-7-9(13)6-11-10(14)8-4-2-1-3-5-8/h2-5,9,12-13H,6-7H2,(H,11,14). The predicted octanol–water partition coefficient (Wildman–Crippen LogP) is -0.430. The molecule has 1 aromatic carbocycles. The fourth-order valence-electron chi connectivity index (χ4n) is 0.915. The molecule has 4 heteroatoms. The molecule has 4 nitrogen and oxygen atoms in total. The van der Waals surface area contributed by atoms with Gasteiger partial charge in [-0.2, -0.15) is 0 Å². The van der Waals surface area contributed by atoms with Gasteiger partial charge >= 0.3 is 0 Å².